The van der Waals surface area contributed by atoms with Crippen LogP contribution in [0.3, 0.4) is 0 Å². The first-order valence-corrected chi connectivity index (χ1v) is 11.0. The van der Waals surface area contributed by atoms with E-state index in [1.165, 1.54) is 27.4 Å². The highest BCUT2D eigenvalue weighted by molar-refractivity contribution is 5.89. The summed E-state index contributed by atoms with van der Waals surface area (Å²) in [5.74, 6) is 0.472. The minimum absolute atomic E-state index is 0.125. The van der Waals surface area contributed by atoms with Crippen LogP contribution in [0, 0.1) is 0 Å². The Kier molecular flexibility index (Phi) is 9.31. The number of esters is 2. The van der Waals surface area contributed by atoms with Gasteiger partial charge in [0.2, 0.25) is 6.10 Å². The Morgan fingerprint density at radius 1 is 0.829 bits per heavy atom. The number of carbonyl (C=O) groups excluding carboxylic acids is 2. The van der Waals surface area contributed by atoms with Crippen LogP contribution in [0.25, 0.3) is 6.08 Å². The molecule has 0 saturated carbocycles. The molecule has 0 radical (unpaired) electrons. The summed E-state index contributed by atoms with van der Waals surface area (Å²) < 4.78 is 26.5. The molecule has 3 aromatic carbocycles. The Morgan fingerprint density at radius 3 is 2.20 bits per heavy atom. The number of hydrogen-bond donors (Lipinski definition) is 0. The lowest BCUT2D eigenvalue weighted by Crippen LogP contribution is -2.30. The van der Waals surface area contributed by atoms with Crippen molar-refractivity contribution in [1.82, 2.24) is 0 Å². The molecule has 0 N–H and O–H groups in total. The number of methoxy groups -OCH3 is 3. The molecule has 7 heteroatoms. The highest BCUT2D eigenvalue weighted by atomic mass is 16.6. The maximum Gasteiger partial charge on any atom is 0.347 e. The van der Waals surface area contributed by atoms with Crippen molar-refractivity contribution in [2.45, 2.75) is 19.1 Å². The summed E-state index contributed by atoms with van der Waals surface area (Å²) in [7, 11) is 4.30. The largest absolute Gasteiger partial charge is 0.493 e. The predicted octanol–water partition coefficient (Wildman–Crippen LogP) is 4.62. The maximum absolute atomic E-state index is 12.4. The molecule has 0 amide bonds. The zero-order chi connectivity index (χ0) is 25.0. The van der Waals surface area contributed by atoms with Crippen LogP contribution < -0.4 is 14.2 Å². The van der Waals surface area contributed by atoms with Gasteiger partial charge in [-0.05, 0) is 47.0 Å². The van der Waals surface area contributed by atoms with Crippen molar-refractivity contribution >= 4 is 18.0 Å². The summed E-state index contributed by atoms with van der Waals surface area (Å²) in [5, 5.41) is 0. The lowest BCUT2D eigenvalue weighted by atomic mass is 10.1. The van der Waals surface area contributed by atoms with Crippen LogP contribution in [-0.4, -0.2) is 39.4 Å². The molecule has 7 nitrogen and oxygen atoms in total. The van der Waals surface area contributed by atoms with E-state index in [2.05, 4.69) is 0 Å². The summed E-state index contributed by atoms with van der Waals surface area (Å²) in [4.78, 5) is 24.6. The molecule has 3 aromatic rings. The zero-order valence-electron chi connectivity index (χ0n) is 19.9. The van der Waals surface area contributed by atoms with Gasteiger partial charge in [0.05, 0.1) is 21.3 Å². The Balaban J connectivity index is 1.59. The van der Waals surface area contributed by atoms with Crippen LogP contribution in [-0.2, 0) is 32.1 Å². The molecule has 0 fully saturated rings. The number of benzene rings is 3. The Labute approximate surface area is 204 Å². The van der Waals surface area contributed by atoms with E-state index in [9.17, 15) is 9.59 Å². The van der Waals surface area contributed by atoms with Crippen molar-refractivity contribution in [1.29, 1.82) is 0 Å². The fourth-order valence-corrected chi connectivity index (χ4v) is 3.29. The number of carbonyl (C=O) groups is 2. The second-order valence-corrected chi connectivity index (χ2v) is 7.52. The Bertz CT molecular complexity index is 1140. The molecular formula is C28H28O7. The van der Waals surface area contributed by atoms with Gasteiger partial charge in [-0.3, -0.25) is 0 Å². The van der Waals surface area contributed by atoms with Crippen LogP contribution in [0.1, 0.15) is 16.7 Å². The minimum Gasteiger partial charge on any atom is -0.493 e. The van der Waals surface area contributed by atoms with E-state index in [1.54, 1.807) is 24.3 Å². The van der Waals surface area contributed by atoms with Gasteiger partial charge in [-0.15, -0.1) is 0 Å². The summed E-state index contributed by atoms with van der Waals surface area (Å²) in [6, 6.07) is 22.4. The molecule has 0 aliphatic carbocycles. The fraction of sp³-hybridized carbons (Fsp3) is 0.214. The number of ether oxygens (including phenoxy) is 5. The molecule has 0 bridgehead atoms. The third-order valence-electron chi connectivity index (χ3n) is 5.13. The molecule has 0 spiro atoms. The van der Waals surface area contributed by atoms with Crippen molar-refractivity contribution in [2.75, 3.05) is 21.3 Å². The van der Waals surface area contributed by atoms with E-state index in [4.69, 9.17) is 23.7 Å². The zero-order valence-corrected chi connectivity index (χ0v) is 19.9. The highest BCUT2D eigenvalue weighted by Crippen LogP contribution is 2.28. The first-order chi connectivity index (χ1) is 17.0. The molecule has 0 aromatic heterocycles. The molecule has 0 saturated heterocycles. The Morgan fingerprint density at radius 2 is 1.54 bits per heavy atom. The second-order valence-electron chi connectivity index (χ2n) is 7.52. The molecule has 0 aliphatic rings. The number of rotatable bonds is 11. The number of hydrogen-bond acceptors (Lipinski definition) is 7. The molecule has 182 valence electrons. The molecule has 0 heterocycles. The van der Waals surface area contributed by atoms with Gasteiger partial charge in [0.15, 0.2) is 11.5 Å². The van der Waals surface area contributed by atoms with E-state index >= 15 is 0 Å². The van der Waals surface area contributed by atoms with Crippen LogP contribution in [0.15, 0.2) is 78.9 Å². The van der Waals surface area contributed by atoms with Gasteiger partial charge in [-0.25, -0.2) is 9.59 Å². The molecule has 35 heavy (non-hydrogen) atoms. The van der Waals surface area contributed by atoms with Gasteiger partial charge in [0.25, 0.3) is 0 Å². The van der Waals surface area contributed by atoms with Gasteiger partial charge in [0.1, 0.15) is 12.4 Å². The van der Waals surface area contributed by atoms with E-state index < -0.39 is 18.0 Å². The SMILES string of the molecule is COC(=O)C(Cc1ccc(OC)c(OC)c1)OC(=O)/C=C/c1ccc(OCc2ccccc2)cc1. The van der Waals surface area contributed by atoms with Crippen molar-refractivity contribution < 1.29 is 33.3 Å². The minimum atomic E-state index is -1.11. The average molecular weight is 477 g/mol. The normalized spacial score (nSPS) is 11.5. The molecule has 0 aliphatic heterocycles. The summed E-state index contributed by atoms with van der Waals surface area (Å²) in [6.07, 6.45) is 1.89. The van der Waals surface area contributed by atoms with E-state index in [-0.39, 0.29) is 6.42 Å². The van der Waals surface area contributed by atoms with Crippen LogP contribution in [0.4, 0.5) is 0 Å². The molecule has 1 atom stereocenters. The van der Waals surface area contributed by atoms with Gasteiger partial charge in [-0.1, -0.05) is 48.5 Å². The summed E-state index contributed by atoms with van der Waals surface area (Å²) >= 11 is 0. The van der Waals surface area contributed by atoms with Crippen molar-refractivity contribution in [3.63, 3.8) is 0 Å². The summed E-state index contributed by atoms with van der Waals surface area (Å²) in [5.41, 5.74) is 2.58. The first-order valence-electron chi connectivity index (χ1n) is 11.0. The quantitative estimate of drug-likeness (QED) is 0.295. The third-order valence-corrected chi connectivity index (χ3v) is 5.13. The first kappa shape index (κ1) is 25.4. The van der Waals surface area contributed by atoms with E-state index in [1.807, 2.05) is 54.6 Å². The van der Waals surface area contributed by atoms with Crippen molar-refractivity contribution in [3.8, 4) is 17.2 Å². The molecular weight excluding hydrogens is 448 g/mol. The van der Waals surface area contributed by atoms with Gasteiger partial charge >= 0.3 is 11.9 Å². The van der Waals surface area contributed by atoms with Crippen molar-refractivity contribution in [2.24, 2.45) is 0 Å². The molecule has 1 unspecified atom stereocenters. The van der Waals surface area contributed by atoms with Gasteiger partial charge in [-0.2, -0.15) is 0 Å². The Hall–Kier alpha value is -4.26. The van der Waals surface area contributed by atoms with E-state index in [0.29, 0.717) is 23.9 Å². The third kappa shape index (κ3) is 7.64. The molecule has 3 rings (SSSR count). The maximum atomic E-state index is 12.4. The van der Waals surface area contributed by atoms with Gasteiger partial charge in [0, 0.05) is 12.5 Å². The average Bonchev–Trinajstić information content (AvgIpc) is 2.91. The second kappa shape index (κ2) is 12.8. The van der Waals surface area contributed by atoms with Crippen LogP contribution in [0.2, 0.25) is 0 Å². The topological polar surface area (TPSA) is 80.3 Å². The van der Waals surface area contributed by atoms with Crippen LogP contribution >= 0.6 is 0 Å². The lowest BCUT2D eigenvalue weighted by Gasteiger charge is -2.16. The van der Waals surface area contributed by atoms with Crippen LogP contribution in [0.5, 0.6) is 17.2 Å². The fourth-order valence-electron chi connectivity index (χ4n) is 3.29. The standard InChI is InChI=1S/C28H28O7/c1-31-24-15-11-22(17-25(24)32-2)18-26(28(30)33-3)35-27(29)16-12-20-9-13-23(14-10-20)34-19-21-7-5-4-6-8-21/h4-17,26H,18-19H2,1-3H3/b16-12+. The van der Waals surface area contributed by atoms with Crippen molar-refractivity contribution in [3.05, 3.63) is 95.6 Å². The summed E-state index contributed by atoms with van der Waals surface area (Å²) in [6.45, 7) is 0.470. The smallest absolute Gasteiger partial charge is 0.347 e. The van der Waals surface area contributed by atoms with E-state index in [0.717, 1.165) is 16.7 Å². The lowest BCUT2D eigenvalue weighted by molar-refractivity contribution is -0.162. The van der Waals surface area contributed by atoms with Gasteiger partial charge < -0.3 is 23.7 Å². The predicted molar refractivity (Wildman–Crippen MR) is 131 cm³/mol. The highest BCUT2D eigenvalue weighted by Gasteiger charge is 2.24. The monoisotopic (exact) mass is 476 g/mol.